The predicted molar refractivity (Wildman–Crippen MR) is 111 cm³/mol. The van der Waals surface area contributed by atoms with Crippen molar-refractivity contribution in [1.82, 2.24) is 0 Å². The fourth-order valence-corrected chi connectivity index (χ4v) is 4.81. The number of rotatable bonds is 7. The molecule has 0 unspecified atom stereocenters. The maximum Gasteiger partial charge on any atom is 0.186 e. The van der Waals surface area contributed by atoms with Crippen LogP contribution >= 0.6 is 31.9 Å². The number of halogens is 2. The molecule has 0 bridgehead atoms. The molecule has 0 N–H and O–H groups in total. The zero-order valence-corrected chi connectivity index (χ0v) is 17.4. The Hall–Kier alpha value is -1.19. The molecule has 3 rings (SSSR count). The number of hydrogen-bond donors (Lipinski definition) is 0. The van der Waals surface area contributed by atoms with E-state index in [1.54, 1.807) is 0 Å². The van der Waals surface area contributed by atoms with Gasteiger partial charge in [-0.1, -0.05) is 74.5 Å². The second-order valence-corrected chi connectivity index (χ2v) is 8.52. The number of carbonyl (C=O) groups is 1. The number of fused-ring (bicyclic) bond motifs is 1. The average Bonchev–Trinajstić information content (AvgIpc) is 2.57. The van der Waals surface area contributed by atoms with Crippen molar-refractivity contribution in [3.05, 3.63) is 79.7 Å². The molecular weight excluding hydrogens is 440 g/mol. The van der Waals surface area contributed by atoms with Crippen molar-refractivity contribution in [3.63, 3.8) is 0 Å². The number of benzene rings is 2. The van der Waals surface area contributed by atoms with Gasteiger partial charge in [-0.15, -0.1) is 0 Å². The molecule has 0 radical (unpaired) electrons. The molecule has 1 aliphatic rings. The molecular formula is C22H22Br2O. The summed E-state index contributed by atoms with van der Waals surface area (Å²) in [5, 5.41) is 0. The fourth-order valence-electron chi connectivity index (χ4n) is 3.42. The van der Waals surface area contributed by atoms with Crippen molar-refractivity contribution in [1.29, 1.82) is 0 Å². The standard InChI is InChI=1S/C22H22Br2O/c23-19-12-17(13-20(24)15-19)8-4-2-1-3-7-16-11-18-9-5-6-10-21(18)22(25)14-16/h5-6,9-10,12-15H,1-4,7-8,11H2. The number of allylic oxidation sites excluding steroid dienone is 2. The van der Waals surface area contributed by atoms with Gasteiger partial charge in [-0.25, -0.2) is 0 Å². The zero-order valence-electron chi connectivity index (χ0n) is 14.2. The van der Waals surface area contributed by atoms with Crippen molar-refractivity contribution in [3.8, 4) is 0 Å². The van der Waals surface area contributed by atoms with E-state index in [2.05, 4.69) is 56.1 Å². The minimum absolute atomic E-state index is 0.178. The van der Waals surface area contributed by atoms with Crippen LogP contribution in [-0.4, -0.2) is 5.78 Å². The molecule has 0 saturated heterocycles. The lowest BCUT2D eigenvalue weighted by Crippen LogP contribution is -2.09. The minimum atomic E-state index is 0.178. The van der Waals surface area contributed by atoms with Crippen LogP contribution in [0.5, 0.6) is 0 Å². The van der Waals surface area contributed by atoms with Gasteiger partial charge >= 0.3 is 0 Å². The van der Waals surface area contributed by atoms with E-state index in [9.17, 15) is 4.79 Å². The van der Waals surface area contributed by atoms with E-state index in [1.165, 1.54) is 42.4 Å². The van der Waals surface area contributed by atoms with Gasteiger partial charge in [0.25, 0.3) is 0 Å². The maximum atomic E-state index is 12.2. The summed E-state index contributed by atoms with van der Waals surface area (Å²) in [5.74, 6) is 0.178. The van der Waals surface area contributed by atoms with Crippen molar-refractivity contribution in [2.75, 3.05) is 0 Å². The Morgan fingerprint density at radius 2 is 1.52 bits per heavy atom. The quantitative estimate of drug-likeness (QED) is 0.403. The van der Waals surface area contributed by atoms with Crippen LogP contribution in [0.1, 0.15) is 53.6 Å². The molecule has 0 amide bonds. The van der Waals surface area contributed by atoms with Crippen molar-refractivity contribution < 1.29 is 4.79 Å². The van der Waals surface area contributed by atoms with Gasteiger partial charge in [-0.05, 0) is 67.5 Å². The van der Waals surface area contributed by atoms with E-state index in [-0.39, 0.29) is 5.78 Å². The smallest absolute Gasteiger partial charge is 0.186 e. The topological polar surface area (TPSA) is 17.1 Å². The highest BCUT2D eigenvalue weighted by Gasteiger charge is 2.16. The minimum Gasteiger partial charge on any atom is -0.289 e. The van der Waals surface area contributed by atoms with Crippen LogP contribution in [0, 0.1) is 0 Å². The van der Waals surface area contributed by atoms with E-state index in [1.807, 2.05) is 24.3 Å². The van der Waals surface area contributed by atoms with Crippen LogP contribution in [0.2, 0.25) is 0 Å². The molecule has 25 heavy (non-hydrogen) atoms. The van der Waals surface area contributed by atoms with Gasteiger partial charge < -0.3 is 0 Å². The SMILES string of the molecule is O=C1C=C(CCCCCCc2cc(Br)cc(Br)c2)Cc2ccccc21. The second-order valence-electron chi connectivity index (χ2n) is 6.69. The molecule has 2 aromatic carbocycles. The molecule has 0 heterocycles. The maximum absolute atomic E-state index is 12.2. The van der Waals surface area contributed by atoms with Gasteiger partial charge in [0, 0.05) is 14.5 Å². The first-order valence-corrected chi connectivity index (χ1v) is 10.5. The molecule has 1 aliphatic carbocycles. The lowest BCUT2D eigenvalue weighted by molar-refractivity contribution is 0.104. The normalized spacial score (nSPS) is 13.5. The molecule has 0 fully saturated rings. The monoisotopic (exact) mass is 460 g/mol. The summed E-state index contributed by atoms with van der Waals surface area (Å²) in [6.07, 6.45) is 9.81. The number of aryl methyl sites for hydroxylation is 1. The van der Waals surface area contributed by atoms with Crippen molar-refractivity contribution in [2.24, 2.45) is 0 Å². The molecule has 2 aromatic rings. The largest absolute Gasteiger partial charge is 0.289 e. The van der Waals surface area contributed by atoms with Gasteiger partial charge in [0.1, 0.15) is 0 Å². The molecule has 1 nitrogen and oxygen atoms in total. The Bertz CT molecular complexity index is 772. The summed E-state index contributed by atoms with van der Waals surface area (Å²) >= 11 is 7.09. The summed E-state index contributed by atoms with van der Waals surface area (Å²) in [7, 11) is 0. The Balaban J connectivity index is 1.39. The third-order valence-electron chi connectivity index (χ3n) is 4.67. The number of carbonyl (C=O) groups excluding carboxylic acids is 1. The van der Waals surface area contributed by atoms with Crippen LogP contribution in [0.3, 0.4) is 0 Å². The highest BCUT2D eigenvalue weighted by Crippen LogP contribution is 2.25. The number of unbranched alkanes of at least 4 members (excludes halogenated alkanes) is 3. The van der Waals surface area contributed by atoms with E-state index >= 15 is 0 Å². The van der Waals surface area contributed by atoms with Gasteiger partial charge in [0.2, 0.25) is 0 Å². The Labute approximate surface area is 166 Å². The molecule has 3 heteroatoms. The fraction of sp³-hybridized carbons (Fsp3) is 0.318. The van der Waals surface area contributed by atoms with E-state index in [4.69, 9.17) is 0 Å². The molecule has 0 aromatic heterocycles. The molecule has 0 spiro atoms. The molecule has 0 aliphatic heterocycles. The van der Waals surface area contributed by atoms with Crippen LogP contribution in [0.25, 0.3) is 0 Å². The van der Waals surface area contributed by atoms with E-state index < -0.39 is 0 Å². The lowest BCUT2D eigenvalue weighted by Gasteiger charge is -2.16. The van der Waals surface area contributed by atoms with E-state index in [0.29, 0.717) is 0 Å². The Morgan fingerprint density at radius 3 is 2.28 bits per heavy atom. The van der Waals surface area contributed by atoms with Crippen molar-refractivity contribution >= 4 is 37.6 Å². The third kappa shape index (κ3) is 5.39. The summed E-state index contributed by atoms with van der Waals surface area (Å²) in [5.41, 5.74) is 4.73. The van der Waals surface area contributed by atoms with Gasteiger partial charge in [-0.2, -0.15) is 0 Å². The first kappa shape index (κ1) is 18.6. The second kappa shape index (κ2) is 8.95. The molecule has 0 atom stereocenters. The zero-order chi connectivity index (χ0) is 17.6. The van der Waals surface area contributed by atoms with E-state index in [0.717, 1.165) is 33.8 Å². The van der Waals surface area contributed by atoms with Crippen molar-refractivity contribution in [2.45, 2.75) is 44.9 Å². The van der Waals surface area contributed by atoms with Crippen LogP contribution in [0.4, 0.5) is 0 Å². The summed E-state index contributed by atoms with van der Waals surface area (Å²) in [6, 6.07) is 14.4. The average molecular weight is 462 g/mol. The molecule has 0 saturated carbocycles. The van der Waals surface area contributed by atoms with Crippen LogP contribution in [-0.2, 0) is 12.8 Å². The van der Waals surface area contributed by atoms with Gasteiger partial charge in [0.05, 0.1) is 0 Å². The van der Waals surface area contributed by atoms with Gasteiger partial charge in [0.15, 0.2) is 5.78 Å². The first-order chi connectivity index (χ1) is 12.1. The summed E-state index contributed by atoms with van der Waals surface area (Å²) < 4.78 is 2.26. The number of hydrogen-bond acceptors (Lipinski definition) is 1. The summed E-state index contributed by atoms with van der Waals surface area (Å²) in [6.45, 7) is 0. The first-order valence-electron chi connectivity index (χ1n) is 8.88. The Morgan fingerprint density at radius 1 is 0.840 bits per heavy atom. The predicted octanol–water partition coefficient (Wildman–Crippen LogP) is 7.07. The number of ketones is 1. The molecule has 130 valence electrons. The van der Waals surface area contributed by atoms with Gasteiger partial charge in [-0.3, -0.25) is 4.79 Å². The third-order valence-corrected chi connectivity index (χ3v) is 5.59. The Kier molecular flexibility index (Phi) is 6.66. The lowest BCUT2D eigenvalue weighted by atomic mass is 9.88. The highest BCUT2D eigenvalue weighted by atomic mass is 79.9. The highest BCUT2D eigenvalue weighted by molar-refractivity contribution is 9.11. The van der Waals surface area contributed by atoms with Crippen LogP contribution in [0.15, 0.2) is 63.1 Å². The summed E-state index contributed by atoms with van der Waals surface area (Å²) in [4.78, 5) is 12.2. The van der Waals surface area contributed by atoms with Crippen LogP contribution < -0.4 is 0 Å².